The molecule has 0 radical (unpaired) electrons. The first-order chi connectivity index (χ1) is 8.43. The highest BCUT2D eigenvalue weighted by Crippen LogP contribution is 2.24. The number of piperazine rings is 1. The average molecular weight is 251 g/mol. The maximum Gasteiger partial charge on any atom is 0.244 e. The molecule has 1 amide bonds. The maximum absolute atomic E-state index is 13.3. The van der Waals surface area contributed by atoms with Gasteiger partial charge < -0.3 is 16.0 Å². The first-order valence-electron chi connectivity index (χ1n) is 5.97. The molecule has 1 fully saturated rings. The van der Waals surface area contributed by atoms with Crippen LogP contribution in [0.2, 0.25) is 0 Å². The van der Waals surface area contributed by atoms with Crippen molar-refractivity contribution in [1.82, 2.24) is 5.32 Å². The van der Waals surface area contributed by atoms with Gasteiger partial charge in [0.1, 0.15) is 11.9 Å². The van der Waals surface area contributed by atoms with Gasteiger partial charge in [-0.15, -0.1) is 0 Å². The molecule has 0 aliphatic carbocycles. The number of amides is 1. The molecule has 3 N–H and O–H groups in total. The van der Waals surface area contributed by atoms with Crippen LogP contribution in [0.3, 0.4) is 0 Å². The van der Waals surface area contributed by atoms with E-state index in [1.165, 1.54) is 12.1 Å². The Morgan fingerprint density at radius 3 is 2.89 bits per heavy atom. The second kappa shape index (κ2) is 4.57. The second-order valence-corrected chi connectivity index (χ2v) is 5.23. The molecule has 1 aromatic rings. The molecule has 5 heteroatoms. The summed E-state index contributed by atoms with van der Waals surface area (Å²) >= 11 is 0. The maximum atomic E-state index is 13.3. The molecule has 98 valence electrons. The molecule has 1 aromatic carbocycles. The Labute approximate surface area is 106 Å². The van der Waals surface area contributed by atoms with Gasteiger partial charge in [-0.25, -0.2) is 4.39 Å². The van der Waals surface area contributed by atoms with Crippen LogP contribution in [-0.2, 0) is 4.79 Å². The number of nitrogens with zero attached hydrogens (tertiary/aromatic N) is 1. The van der Waals surface area contributed by atoms with Crippen LogP contribution in [0.15, 0.2) is 24.3 Å². The van der Waals surface area contributed by atoms with Crippen molar-refractivity contribution in [2.75, 3.05) is 18.0 Å². The number of nitrogens with two attached hydrogens (primary N) is 1. The SMILES string of the molecule is CC1(C)CN(c2cccc(F)c2)C(CN)C(=O)N1. The predicted molar refractivity (Wildman–Crippen MR) is 68.8 cm³/mol. The van der Waals surface area contributed by atoms with Crippen LogP contribution >= 0.6 is 0 Å². The highest BCUT2D eigenvalue weighted by Gasteiger charge is 2.37. The van der Waals surface area contributed by atoms with E-state index in [-0.39, 0.29) is 23.8 Å². The minimum absolute atomic E-state index is 0.113. The number of hydrogen-bond acceptors (Lipinski definition) is 3. The van der Waals surface area contributed by atoms with E-state index < -0.39 is 6.04 Å². The van der Waals surface area contributed by atoms with Crippen LogP contribution in [0.5, 0.6) is 0 Å². The van der Waals surface area contributed by atoms with E-state index in [1.54, 1.807) is 12.1 Å². The molecule has 18 heavy (non-hydrogen) atoms. The Hall–Kier alpha value is -1.62. The summed E-state index contributed by atoms with van der Waals surface area (Å²) in [5, 5.41) is 2.92. The summed E-state index contributed by atoms with van der Waals surface area (Å²) < 4.78 is 13.3. The fraction of sp³-hybridized carbons (Fsp3) is 0.462. The van der Waals surface area contributed by atoms with E-state index in [9.17, 15) is 9.18 Å². The fourth-order valence-corrected chi connectivity index (χ4v) is 2.29. The molecule has 1 aliphatic rings. The molecular weight excluding hydrogens is 233 g/mol. The van der Waals surface area contributed by atoms with Gasteiger partial charge in [-0.1, -0.05) is 6.07 Å². The summed E-state index contributed by atoms with van der Waals surface area (Å²) in [6, 6.07) is 5.80. The van der Waals surface area contributed by atoms with Crippen LogP contribution in [0.25, 0.3) is 0 Å². The molecule has 1 heterocycles. The number of hydrogen-bond donors (Lipinski definition) is 2. The zero-order valence-corrected chi connectivity index (χ0v) is 10.6. The Morgan fingerprint density at radius 2 is 2.28 bits per heavy atom. The quantitative estimate of drug-likeness (QED) is 0.820. The first-order valence-corrected chi connectivity index (χ1v) is 5.97. The molecule has 1 saturated heterocycles. The monoisotopic (exact) mass is 251 g/mol. The number of benzene rings is 1. The summed E-state index contributed by atoms with van der Waals surface area (Å²) in [5.74, 6) is -0.426. The van der Waals surface area contributed by atoms with Gasteiger partial charge in [0, 0.05) is 18.8 Å². The smallest absolute Gasteiger partial charge is 0.244 e. The molecular formula is C13H18FN3O. The minimum atomic E-state index is -0.445. The van der Waals surface area contributed by atoms with Crippen molar-refractivity contribution in [3.8, 4) is 0 Å². The molecule has 1 aliphatic heterocycles. The normalized spacial score (nSPS) is 22.8. The number of nitrogens with one attached hydrogen (secondary N) is 1. The average Bonchev–Trinajstić information content (AvgIpc) is 2.27. The summed E-state index contributed by atoms with van der Waals surface area (Å²) in [7, 11) is 0. The van der Waals surface area contributed by atoms with E-state index in [0.29, 0.717) is 12.2 Å². The number of carbonyl (C=O) groups excluding carboxylic acids is 1. The largest absolute Gasteiger partial charge is 0.356 e. The van der Waals surface area contributed by atoms with Crippen molar-refractivity contribution in [2.45, 2.75) is 25.4 Å². The third kappa shape index (κ3) is 2.46. The standard InChI is InChI=1S/C13H18FN3O/c1-13(2)8-17(11(7-15)12(18)16-13)10-5-3-4-9(14)6-10/h3-6,11H,7-8,15H2,1-2H3,(H,16,18). The van der Waals surface area contributed by atoms with Gasteiger partial charge in [0.15, 0.2) is 0 Å². The molecule has 0 bridgehead atoms. The van der Waals surface area contributed by atoms with Gasteiger partial charge in [0.05, 0.1) is 5.54 Å². The van der Waals surface area contributed by atoms with E-state index >= 15 is 0 Å². The lowest BCUT2D eigenvalue weighted by atomic mass is 9.97. The van der Waals surface area contributed by atoms with Crippen molar-refractivity contribution >= 4 is 11.6 Å². The number of anilines is 1. The molecule has 1 unspecified atom stereocenters. The van der Waals surface area contributed by atoms with Crippen LogP contribution in [0.4, 0.5) is 10.1 Å². The molecule has 0 spiro atoms. The molecule has 4 nitrogen and oxygen atoms in total. The van der Waals surface area contributed by atoms with E-state index in [0.717, 1.165) is 0 Å². The van der Waals surface area contributed by atoms with Crippen molar-refractivity contribution in [3.63, 3.8) is 0 Å². The molecule has 1 atom stereocenters. The van der Waals surface area contributed by atoms with E-state index in [4.69, 9.17) is 5.73 Å². The fourth-order valence-electron chi connectivity index (χ4n) is 2.29. The summed E-state index contributed by atoms with van der Waals surface area (Å²) in [6.07, 6.45) is 0. The Kier molecular flexibility index (Phi) is 3.26. The van der Waals surface area contributed by atoms with E-state index in [1.807, 2.05) is 18.7 Å². The van der Waals surface area contributed by atoms with Gasteiger partial charge >= 0.3 is 0 Å². The van der Waals surface area contributed by atoms with Gasteiger partial charge in [-0.3, -0.25) is 4.79 Å². The Balaban J connectivity index is 2.36. The highest BCUT2D eigenvalue weighted by molar-refractivity contribution is 5.87. The van der Waals surface area contributed by atoms with Crippen molar-refractivity contribution in [3.05, 3.63) is 30.1 Å². The van der Waals surface area contributed by atoms with Crippen LogP contribution in [0.1, 0.15) is 13.8 Å². The summed E-state index contributed by atoms with van der Waals surface area (Å²) in [5.41, 5.74) is 5.99. The topological polar surface area (TPSA) is 58.4 Å². The minimum Gasteiger partial charge on any atom is -0.356 e. The van der Waals surface area contributed by atoms with Crippen LogP contribution < -0.4 is 16.0 Å². The second-order valence-electron chi connectivity index (χ2n) is 5.23. The molecule has 0 saturated carbocycles. The Bertz CT molecular complexity index is 461. The van der Waals surface area contributed by atoms with Crippen LogP contribution in [0, 0.1) is 5.82 Å². The zero-order chi connectivity index (χ0) is 13.3. The summed E-state index contributed by atoms with van der Waals surface area (Å²) in [6.45, 7) is 4.68. The van der Waals surface area contributed by atoms with Gasteiger partial charge in [-0.2, -0.15) is 0 Å². The predicted octanol–water partition coefficient (Wildman–Crippen LogP) is 0.868. The molecule has 0 aromatic heterocycles. The lowest BCUT2D eigenvalue weighted by Crippen LogP contribution is -2.66. The van der Waals surface area contributed by atoms with Gasteiger partial charge in [-0.05, 0) is 32.0 Å². The third-order valence-electron chi connectivity index (χ3n) is 3.07. The van der Waals surface area contributed by atoms with E-state index in [2.05, 4.69) is 5.32 Å². The van der Waals surface area contributed by atoms with Crippen LogP contribution in [-0.4, -0.2) is 30.6 Å². The Morgan fingerprint density at radius 1 is 1.56 bits per heavy atom. The number of carbonyl (C=O) groups is 1. The van der Waals surface area contributed by atoms with Gasteiger partial charge in [0.25, 0.3) is 0 Å². The first kappa shape index (κ1) is 12.8. The van der Waals surface area contributed by atoms with Gasteiger partial charge in [0.2, 0.25) is 5.91 Å². The number of halogens is 1. The zero-order valence-electron chi connectivity index (χ0n) is 10.6. The number of rotatable bonds is 2. The summed E-state index contributed by atoms with van der Waals surface area (Å²) in [4.78, 5) is 13.8. The lowest BCUT2D eigenvalue weighted by molar-refractivity contribution is -0.125. The highest BCUT2D eigenvalue weighted by atomic mass is 19.1. The van der Waals surface area contributed by atoms with Crippen molar-refractivity contribution in [1.29, 1.82) is 0 Å². The lowest BCUT2D eigenvalue weighted by Gasteiger charge is -2.44. The van der Waals surface area contributed by atoms with Crippen molar-refractivity contribution in [2.24, 2.45) is 5.73 Å². The van der Waals surface area contributed by atoms with Crippen molar-refractivity contribution < 1.29 is 9.18 Å². The molecule has 2 rings (SSSR count). The third-order valence-corrected chi connectivity index (χ3v) is 3.07.